The fraction of sp³-hybridized carbons (Fsp3) is 0.389. The van der Waals surface area contributed by atoms with Crippen LogP contribution in [0.1, 0.15) is 40.5 Å². The fourth-order valence-corrected chi connectivity index (χ4v) is 3.07. The van der Waals surface area contributed by atoms with Crippen molar-refractivity contribution >= 4 is 11.6 Å². The van der Waals surface area contributed by atoms with Crippen LogP contribution in [0.3, 0.4) is 0 Å². The highest BCUT2D eigenvalue weighted by Crippen LogP contribution is 2.37. The maximum absolute atomic E-state index is 12.9. The summed E-state index contributed by atoms with van der Waals surface area (Å²) in [6, 6.07) is 7.98. The number of para-hydroxylation sites is 1. The summed E-state index contributed by atoms with van der Waals surface area (Å²) >= 11 is 0. The number of carbonyl (C=O) groups is 1. The molecule has 1 fully saturated rings. The molecular formula is C18H19N3O2. The van der Waals surface area contributed by atoms with Crippen LogP contribution in [0.15, 0.2) is 36.7 Å². The molecule has 1 amide bonds. The van der Waals surface area contributed by atoms with Crippen LogP contribution >= 0.6 is 0 Å². The monoisotopic (exact) mass is 309 g/mol. The minimum atomic E-state index is -0.0680. The number of rotatable bonds is 3. The van der Waals surface area contributed by atoms with Gasteiger partial charge < -0.3 is 9.64 Å². The Morgan fingerprint density at radius 2 is 1.96 bits per heavy atom. The van der Waals surface area contributed by atoms with Crippen LogP contribution in [-0.2, 0) is 11.2 Å². The zero-order valence-electron chi connectivity index (χ0n) is 13.1. The number of anilines is 1. The lowest BCUT2D eigenvalue weighted by molar-refractivity contribution is 0.0869. The van der Waals surface area contributed by atoms with E-state index in [1.807, 2.05) is 24.3 Å². The second-order valence-electron chi connectivity index (χ2n) is 6.21. The minimum Gasteiger partial charge on any atom is -0.379 e. The van der Waals surface area contributed by atoms with E-state index in [1.165, 1.54) is 0 Å². The van der Waals surface area contributed by atoms with E-state index in [0.29, 0.717) is 18.0 Å². The molecule has 1 aromatic carbocycles. The van der Waals surface area contributed by atoms with Gasteiger partial charge in [-0.15, -0.1) is 0 Å². The molecule has 1 aliphatic carbocycles. The van der Waals surface area contributed by atoms with Gasteiger partial charge in [0.1, 0.15) is 5.82 Å². The van der Waals surface area contributed by atoms with E-state index in [1.54, 1.807) is 24.4 Å². The van der Waals surface area contributed by atoms with Gasteiger partial charge in [0.05, 0.1) is 18.2 Å². The van der Waals surface area contributed by atoms with E-state index in [4.69, 9.17) is 4.74 Å². The van der Waals surface area contributed by atoms with Crippen molar-refractivity contribution in [2.75, 3.05) is 18.6 Å². The third kappa shape index (κ3) is 2.72. The Morgan fingerprint density at radius 3 is 2.65 bits per heavy atom. The van der Waals surface area contributed by atoms with Gasteiger partial charge in [0.2, 0.25) is 0 Å². The Bertz CT molecular complexity index is 725. The summed E-state index contributed by atoms with van der Waals surface area (Å²) in [4.78, 5) is 23.4. The highest BCUT2D eigenvalue weighted by molar-refractivity contribution is 6.06. The van der Waals surface area contributed by atoms with Crippen LogP contribution in [0.5, 0.6) is 0 Å². The van der Waals surface area contributed by atoms with Crippen LogP contribution < -0.4 is 4.90 Å². The summed E-state index contributed by atoms with van der Waals surface area (Å²) in [6.07, 6.45) is 6.46. The molecule has 23 heavy (non-hydrogen) atoms. The fourth-order valence-electron chi connectivity index (χ4n) is 3.07. The Balaban J connectivity index is 1.64. The van der Waals surface area contributed by atoms with Gasteiger partial charge >= 0.3 is 0 Å². The summed E-state index contributed by atoms with van der Waals surface area (Å²) in [5.74, 6) is 1.28. The van der Waals surface area contributed by atoms with Crippen molar-refractivity contribution in [3.05, 3.63) is 53.6 Å². The molecule has 0 unspecified atom stereocenters. The Morgan fingerprint density at radius 1 is 1.22 bits per heavy atom. The molecule has 0 saturated heterocycles. The van der Waals surface area contributed by atoms with Gasteiger partial charge in [-0.2, -0.15) is 0 Å². The highest BCUT2D eigenvalue weighted by atomic mass is 16.5. The van der Waals surface area contributed by atoms with E-state index in [-0.39, 0.29) is 12.0 Å². The molecule has 1 aromatic heterocycles. The first-order valence-electron chi connectivity index (χ1n) is 8.01. The summed E-state index contributed by atoms with van der Waals surface area (Å²) in [5.41, 5.74) is 2.62. The molecule has 118 valence electrons. The summed E-state index contributed by atoms with van der Waals surface area (Å²) in [7, 11) is 1.69. The maximum Gasteiger partial charge on any atom is 0.261 e. The van der Waals surface area contributed by atoms with E-state index < -0.39 is 0 Å². The lowest BCUT2D eigenvalue weighted by Gasteiger charge is -2.33. The second kappa shape index (κ2) is 5.74. The maximum atomic E-state index is 12.9. The van der Waals surface area contributed by atoms with Crippen molar-refractivity contribution in [2.24, 2.45) is 0 Å². The molecule has 4 rings (SSSR count). The molecule has 1 saturated carbocycles. The van der Waals surface area contributed by atoms with Gasteiger partial charge in [0, 0.05) is 37.5 Å². The number of hydrogen-bond donors (Lipinski definition) is 0. The molecular weight excluding hydrogens is 290 g/mol. The zero-order valence-corrected chi connectivity index (χ0v) is 13.1. The molecule has 1 aliphatic heterocycles. The van der Waals surface area contributed by atoms with Gasteiger partial charge in [-0.1, -0.05) is 18.2 Å². The minimum absolute atomic E-state index is 0.0144. The number of ether oxygens (including phenoxy) is 1. The predicted molar refractivity (Wildman–Crippen MR) is 86.6 cm³/mol. The normalized spacial score (nSPS) is 20.2. The average Bonchev–Trinajstić information content (AvgIpc) is 3.45. The van der Waals surface area contributed by atoms with Crippen LogP contribution in [0.25, 0.3) is 0 Å². The highest BCUT2D eigenvalue weighted by Gasteiger charge is 2.30. The van der Waals surface area contributed by atoms with Gasteiger partial charge in [0.15, 0.2) is 0 Å². The first-order valence-corrected chi connectivity index (χ1v) is 8.01. The number of aromatic nitrogens is 2. The van der Waals surface area contributed by atoms with Crippen LogP contribution in [0.2, 0.25) is 0 Å². The van der Waals surface area contributed by atoms with Crippen molar-refractivity contribution in [2.45, 2.75) is 31.3 Å². The van der Waals surface area contributed by atoms with Crippen molar-refractivity contribution < 1.29 is 9.53 Å². The molecule has 2 heterocycles. The van der Waals surface area contributed by atoms with E-state index in [2.05, 4.69) is 9.97 Å². The quantitative estimate of drug-likeness (QED) is 0.874. The topological polar surface area (TPSA) is 55.3 Å². The lowest BCUT2D eigenvalue weighted by atomic mass is 9.99. The van der Waals surface area contributed by atoms with E-state index >= 15 is 0 Å². The summed E-state index contributed by atoms with van der Waals surface area (Å²) < 4.78 is 5.50. The average molecular weight is 309 g/mol. The van der Waals surface area contributed by atoms with Gasteiger partial charge in [-0.25, -0.2) is 9.97 Å². The lowest BCUT2D eigenvalue weighted by Crippen LogP contribution is -2.43. The van der Waals surface area contributed by atoms with Gasteiger partial charge in [-0.05, 0) is 24.5 Å². The van der Waals surface area contributed by atoms with E-state index in [9.17, 15) is 4.79 Å². The number of benzene rings is 1. The zero-order chi connectivity index (χ0) is 15.8. The second-order valence-corrected chi connectivity index (χ2v) is 6.21. The molecule has 1 atom stereocenters. The molecule has 5 nitrogen and oxygen atoms in total. The number of amides is 1. The molecule has 0 N–H and O–H groups in total. The molecule has 0 bridgehead atoms. The Hall–Kier alpha value is -2.27. The van der Waals surface area contributed by atoms with Crippen LogP contribution in [0, 0.1) is 0 Å². The number of nitrogens with zero attached hydrogens (tertiary/aromatic N) is 3. The molecule has 0 radical (unpaired) electrons. The predicted octanol–water partition coefficient (Wildman–Crippen LogP) is 2.57. The summed E-state index contributed by atoms with van der Waals surface area (Å²) in [5, 5.41) is 0. The molecule has 5 heteroatoms. The van der Waals surface area contributed by atoms with Crippen molar-refractivity contribution in [3.8, 4) is 0 Å². The number of methoxy groups -OCH3 is 1. The smallest absolute Gasteiger partial charge is 0.261 e. The number of hydrogen-bond acceptors (Lipinski definition) is 4. The summed E-state index contributed by atoms with van der Waals surface area (Å²) in [6.45, 7) is 0.552. The molecule has 2 aliphatic rings. The van der Waals surface area contributed by atoms with Crippen LogP contribution in [-0.4, -0.2) is 35.6 Å². The Kier molecular flexibility index (Phi) is 3.58. The van der Waals surface area contributed by atoms with Gasteiger partial charge in [-0.3, -0.25) is 4.79 Å². The third-order valence-corrected chi connectivity index (χ3v) is 4.56. The Labute approximate surface area is 135 Å². The molecule has 0 spiro atoms. The first-order chi connectivity index (χ1) is 11.3. The van der Waals surface area contributed by atoms with E-state index in [0.717, 1.165) is 36.3 Å². The largest absolute Gasteiger partial charge is 0.379 e. The standard InChI is InChI=1S/C18H19N3O2/c1-23-15-8-13-4-2-3-5-16(13)21(11-15)18(22)14-9-19-17(20-10-14)12-6-7-12/h2-5,9-10,12,15H,6-8,11H2,1H3/t15-/m1/s1. The molecule has 2 aromatic rings. The van der Waals surface area contributed by atoms with Gasteiger partial charge in [0.25, 0.3) is 5.91 Å². The first kappa shape index (κ1) is 14.3. The van der Waals surface area contributed by atoms with Crippen LogP contribution in [0.4, 0.5) is 5.69 Å². The number of carbonyl (C=O) groups excluding carboxylic acids is 1. The SMILES string of the molecule is CO[C@@H]1Cc2ccccc2N(C(=O)c2cnc(C3CC3)nc2)C1. The van der Waals surface area contributed by atoms with Crippen molar-refractivity contribution in [1.82, 2.24) is 9.97 Å². The van der Waals surface area contributed by atoms with Crippen molar-refractivity contribution in [1.29, 1.82) is 0 Å². The van der Waals surface area contributed by atoms with Crippen molar-refractivity contribution in [3.63, 3.8) is 0 Å². The third-order valence-electron chi connectivity index (χ3n) is 4.56. The number of fused-ring (bicyclic) bond motifs is 1.